The summed E-state index contributed by atoms with van der Waals surface area (Å²) < 4.78 is 1.14. The van der Waals surface area contributed by atoms with Crippen molar-refractivity contribution in [2.75, 3.05) is 24.5 Å². The Balaban J connectivity index is 2.10. The molecule has 2 rings (SSSR count). The van der Waals surface area contributed by atoms with Crippen molar-refractivity contribution < 1.29 is 5.11 Å². The molecule has 2 atom stereocenters. The summed E-state index contributed by atoms with van der Waals surface area (Å²) in [4.78, 5) is 2.25. The van der Waals surface area contributed by atoms with Crippen molar-refractivity contribution in [1.82, 2.24) is 5.32 Å². The van der Waals surface area contributed by atoms with Gasteiger partial charge in [0.25, 0.3) is 0 Å². The first-order valence-corrected chi connectivity index (χ1v) is 8.22. The Bertz CT molecular complexity index is 462. The first-order valence-electron chi connectivity index (χ1n) is 7.43. The van der Waals surface area contributed by atoms with E-state index in [4.69, 9.17) is 0 Å². The predicted molar refractivity (Wildman–Crippen MR) is 88.3 cm³/mol. The van der Waals surface area contributed by atoms with Gasteiger partial charge in [-0.1, -0.05) is 28.9 Å². The molecule has 4 heteroatoms. The third kappa shape index (κ3) is 3.74. The van der Waals surface area contributed by atoms with E-state index in [1.54, 1.807) is 0 Å². The topological polar surface area (TPSA) is 35.5 Å². The lowest BCUT2D eigenvalue weighted by atomic mass is 10.1. The second-order valence-corrected chi connectivity index (χ2v) is 6.90. The van der Waals surface area contributed by atoms with Gasteiger partial charge in [-0.25, -0.2) is 0 Å². The number of hydrogen-bond acceptors (Lipinski definition) is 3. The van der Waals surface area contributed by atoms with E-state index in [1.807, 2.05) is 6.92 Å². The third-order valence-corrected chi connectivity index (χ3v) is 4.65. The van der Waals surface area contributed by atoms with Crippen molar-refractivity contribution >= 4 is 21.6 Å². The molecule has 2 N–H and O–H groups in total. The fraction of sp³-hybridized carbons (Fsp3) is 0.625. The highest BCUT2D eigenvalue weighted by molar-refractivity contribution is 9.10. The largest absolute Gasteiger partial charge is 0.388 e. The number of aliphatic hydroxyl groups is 1. The van der Waals surface area contributed by atoms with Crippen LogP contribution in [0.4, 0.5) is 5.69 Å². The Morgan fingerprint density at radius 1 is 1.50 bits per heavy atom. The van der Waals surface area contributed by atoms with Gasteiger partial charge in [-0.2, -0.15) is 0 Å². The molecular formula is C16H25BrN2O. The zero-order valence-corrected chi connectivity index (χ0v) is 14.2. The Morgan fingerprint density at radius 2 is 2.25 bits per heavy atom. The lowest BCUT2D eigenvalue weighted by Gasteiger charge is -2.23. The standard InChI is InChI=1S/C16H25BrN2O/c1-4-8-18-12(2)14-6-5-13(10-15(14)17)19-9-7-16(3,20)11-19/h5-6,10,12,18,20H,4,7-9,11H2,1-3H3. The minimum absolute atomic E-state index is 0.347. The van der Waals surface area contributed by atoms with Crippen molar-refractivity contribution in [3.63, 3.8) is 0 Å². The summed E-state index contributed by atoms with van der Waals surface area (Å²) in [5.74, 6) is 0. The first kappa shape index (κ1) is 15.8. The van der Waals surface area contributed by atoms with Crippen molar-refractivity contribution in [3.8, 4) is 0 Å². The number of anilines is 1. The van der Waals surface area contributed by atoms with Gasteiger partial charge in [0, 0.05) is 29.3 Å². The molecule has 0 aromatic heterocycles. The van der Waals surface area contributed by atoms with Crippen LogP contribution in [-0.2, 0) is 0 Å². The van der Waals surface area contributed by atoms with E-state index >= 15 is 0 Å². The van der Waals surface area contributed by atoms with Gasteiger partial charge in [0.15, 0.2) is 0 Å². The van der Waals surface area contributed by atoms with E-state index < -0.39 is 5.60 Å². The molecule has 1 heterocycles. The molecule has 1 aromatic rings. The fourth-order valence-corrected chi connectivity index (χ4v) is 3.41. The zero-order chi connectivity index (χ0) is 14.8. The smallest absolute Gasteiger partial charge is 0.0810 e. The molecule has 0 amide bonds. The summed E-state index contributed by atoms with van der Waals surface area (Å²) in [6.45, 7) is 8.94. The Labute approximate surface area is 130 Å². The van der Waals surface area contributed by atoms with E-state index in [-0.39, 0.29) is 0 Å². The van der Waals surface area contributed by atoms with E-state index in [2.05, 4.69) is 58.2 Å². The van der Waals surface area contributed by atoms with Crippen LogP contribution in [0.25, 0.3) is 0 Å². The highest BCUT2D eigenvalue weighted by atomic mass is 79.9. The maximum atomic E-state index is 10.1. The molecule has 20 heavy (non-hydrogen) atoms. The average molecular weight is 341 g/mol. The maximum absolute atomic E-state index is 10.1. The van der Waals surface area contributed by atoms with Gasteiger partial charge in [-0.05, 0) is 50.9 Å². The van der Waals surface area contributed by atoms with Crippen molar-refractivity contribution in [2.45, 2.75) is 45.3 Å². The van der Waals surface area contributed by atoms with Crippen LogP contribution in [0.2, 0.25) is 0 Å². The summed E-state index contributed by atoms with van der Waals surface area (Å²) in [6.07, 6.45) is 1.98. The number of rotatable bonds is 5. The van der Waals surface area contributed by atoms with E-state index in [9.17, 15) is 5.11 Å². The van der Waals surface area contributed by atoms with Gasteiger partial charge < -0.3 is 15.3 Å². The van der Waals surface area contributed by atoms with E-state index in [0.29, 0.717) is 12.6 Å². The van der Waals surface area contributed by atoms with Crippen molar-refractivity contribution in [2.24, 2.45) is 0 Å². The van der Waals surface area contributed by atoms with Crippen molar-refractivity contribution in [3.05, 3.63) is 28.2 Å². The van der Waals surface area contributed by atoms with Crippen LogP contribution in [0.5, 0.6) is 0 Å². The highest BCUT2D eigenvalue weighted by Crippen LogP contribution is 2.32. The fourth-order valence-electron chi connectivity index (χ4n) is 2.70. The molecule has 1 fully saturated rings. The van der Waals surface area contributed by atoms with Gasteiger partial charge in [0.05, 0.1) is 5.60 Å². The monoisotopic (exact) mass is 340 g/mol. The molecule has 1 saturated heterocycles. The number of benzene rings is 1. The first-order chi connectivity index (χ1) is 9.43. The number of hydrogen-bond donors (Lipinski definition) is 2. The molecule has 0 saturated carbocycles. The molecule has 2 unspecified atom stereocenters. The van der Waals surface area contributed by atoms with Crippen LogP contribution in [0.3, 0.4) is 0 Å². The minimum atomic E-state index is -0.554. The maximum Gasteiger partial charge on any atom is 0.0810 e. The average Bonchev–Trinajstić information content (AvgIpc) is 2.76. The van der Waals surface area contributed by atoms with Crippen LogP contribution in [0.15, 0.2) is 22.7 Å². The van der Waals surface area contributed by atoms with Gasteiger partial charge in [-0.15, -0.1) is 0 Å². The SMILES string of the molecule is CCCNC(C)c1ccc(N2CCC(C)(O)C2)cc1Br. The van der Waals surface area contributed by atoms with Crippen LogP contribution in [0, 0.1) is 0 Å². The van der Waals surface area contributed by atoms with E-state index in [1.165, 1.54) is 11.3 Å². The minimum Gasteiger partial charge on any atom is -0.388 e. The van der Waals surface area contributed by atoms with Crippen molar-refractivity contribution in [1.29, 1.82) is 0 Å². The lowest BCUT2D eigenvalue weighted by molar-refractivity contribution is 0.0839. The van der Waals surface area contributed by atoms with E-state index in [0.717, 1.165) is 30.4 Å². The number of halogens is 1. The molecule has 0 bridgehead atoms. The quantitative estimate of drug-likeness (QED) is 0.861. The molecule has 0 aliphatic carbocycles. The highest BCUT2D eigenvalue weighted by Gasteiger charge is 2.31. The number of β-amino-alcohol motifs (C(OH)–C–C–N with tert-alkyl or cyclic N) is 1. The van der Waals surface area contributed by atoms with Crippen LogP contribution in [0.1, 0.15) is 45.2 Å². The molecule has 0 spiro atoms. The zero-order valence-electron chi connectivity index (χ0n) is 12.6. The summed E-state index contributed by atoms with van der Waals surface area (Å²) >= 11 is 3.69. The van der Waals surface area contributed by atoms with Crippen LogP contribution >= 0.6 is 15.9 Å². The molecule has 1 aromatic carbocycles. The molecule has 3 nitrogen and oxygen atoms in total. The molecule has 112 valence electrons. The second-order valence-electron chi connectivity index (χ2n) is 6.05. The van der Waals surface area contributed by atoms with Gasteiger partial charge in [-0.3, -0.25) is 0 Å². The lowest BCUT2D eigenvalue weighted by Crippen LogP contribution is -2.29. The number of nitrogens with zero attached hydrogens (tertiary/aromatic N) is 1. The summed E-state index contributed by atoms with van der Waals surface area (Å²) in [6, 6.07) is 6.85. The molecule has 0 radical (unpaired) electrons. The summed E-state index contributed by atoms with van der Waals surface area (Å²) in [5, 5.41) is 13.6. The molecular weight excluding hydrogens is 316 g/mol. The summed E-state index contributed by atoms with van der Waals surface area (Å²) in [5.41, 5.74) is 1.91. The predicted octanol–water partition coefficient (Wildman–Crippen LogP) is 3.47. The van der Waals surface area contributed by atoms with Gasteiger partial charge in [0.1, 0.15) is 0 Å². The number of nitrogens with one attached hydrogen (secondary N) is 1. The van der Waals surface area contributed by atoms with Crippen LogP contribution in [-0.4, -0.2) is 30.3 Å². The van der Waals surface area contributed by atoms with Gasteiger partial charge >= 0.3 is 0 Å². The normalized spacial score (nSPS) is 24.1. The summed E-state index contributed by atoms with van der Waals surface area (Å²) in [7, 11) is 0. The Morgan fingerprint density at radius 3 is 2.80 bits per heavy atom. The molecule has 1 aliphatic heterocycles. The second kappa shape index (κ2) is 6.46. The van der Waals surface area contributed by atoms with Gasteiger partial charge in [0.2, 0.25) is 0 Å². The Kier molecular flexibility index (Phi) is 5.10. The Hall–Kier alpha value is -0.580. The van der Waals surface area contributed by atoms with Crippen LogP contribution < -0.4 is 10.2 Å². The molecule has 1 aliphatic rings. The third-order valence-electron chi connectivity index (χ3n) is 3.97.